The molecule has 13 heavy (non-hydrogen) atoms. The number of hydrogen-bond acceptors (Lipinski definition) is 3. The van der Waals surface area contributed by atoms with Gasteiger partial charge in [0.25, 0.3) is 0 Å². The van der Waals surface area contributed by atoms with E-state index in [2.05, 4.69) is 31.4 Å². The smallest absolute Gasteiger partial charge is 0.357 e. The van der Waals surface area contributed by atoms with Gasteiger partial charge < -0.3 is 10.4 Å². The number of hydrogen-bond donors (Lipinski definition) is 3. The quantitative estimate of drug-likeness (QED) is 0.730. The Hall–Kier alpha value is -0.880. The molecule has 3 N–H and O–H groups in total. The van der Waals surface area contributed by atoms with Crippen molar-refractivity contribution in [2.75, 3.05) is 13.6 Å². The summed E-state index contributed by atoms with van der Waals surface area (Å²) in [6.45, 7) is 0.778. The van der Waals surface area contributed by atoms with Crippen molar-refractivity contribution in [3.63, 3.8) is 0 Å². The van der Waals surface area contributed by atoms with Crippen molar-refractivity contribution in [3.8, 4) is 0 Å². The molecule has 5 nitrogen and oxygen atoms in total. The Morgan fingerprint density at radius 3 is 2.92 bits per heavy atom. The fraction of sp³-hybridized carbons (Fsp3) is 0.429. The summed E-state index contributed by atoms with van der Waals surface area (Å²) in [4.78, 5) is 10.6. The Labute approximate surface area is 83.7 Å². The molecule has 72 valence electrons. The van der Waals surface area contributed by atoms with E-state index in [1.807, 2.05) is 7.05 Å². The third-order valence-corrected chi connectivity index (χ3v) is 2.46. The highest BCUT2D eigenvalue weighted by Crippen LogP contribution is 2.19. The summed E-state index contributed by atoms with van der Waals surface area (Å²) in [5.41, 5.74) is 0.831. The van der Waals surface area contributed by atoms with Gasteiger partial charge in [0, 0.05) is 13.0 Å². The fourth-order valence-corrected chi connectivity index (χ4v) is 1.47. The van der Waals surface area contributed by atoms with E-state index >= 15 is 0 Å². The Bertz CT molecular complexity index is 311. The second kappa shape index (κ2) is 4.38. The number of carboxylic acid groups (broad SMARTS) is 1. The molecule has 0 fully saturated rings. The second-order valence-electron chi connectivity index (χ2n) is 2.52. The number of H-pyrrole nitrogens is 1. The highest BCUT2D eigenvalue weighted by atomic mass is 79.9. The zero-order valence-corrected chi connectivity index (χ0v) is 8.68. The van der Waals surface area contributed by atoms with Crippen LogP contribution < -0.4 is 5.32 Å². The first-order valence-corrected chi connectivity index (χ1v) is 4.56. The molecule has 0 bridgehead atoms. The van der Waals surface area contributed by atoms with Crippen LogP contribution in [0.25, 0.3) is 0 Å². The summed E-state index contributed by atoms with van der Waals surface area (Å²) >= 11 is 3.18. The average molecular weight is 248 g/mol. The lowest BCUT2D eigenvalue weighted by molar-refractivity contribution is 0.0689. The molecule has 0 radical (unpaired) electrons. The first-order valence-electron chi connectivity index (χ1n) is 3.77. The summed E-state index contributed by atoms with van der Waals surface area (Å²) in [5.74, 6) is -1.03. The lowest BCUT2D eigenvalue weighted by Crippen LogP contribution is -2.10. The summed E-state index contributed by atoms with van der Waals surface area (Å²) in [7, 11) is 1.84. The molecule has 0 amide bonds. The summed E-state index contributed by atoms with van der Waals surface area (Å²) in [5, 5.41) is 18.0. The predicted octanol–water partition coefficient (Wildman–Crippen LogP) is 0.632. The van der Waals surface area contributed by atoms with E-state index in [4.69, 9.17) is 5.11 Å². The molecule has 0 aliphatic heterocycles. The molecule has 1 aromatic rings. The zero-order chi connectivity index (χ0) is 9.84. The maximum atomic E-state index is 10.6. The van der Waals surface area contributed by atoms with Crippen molar-refractivity contribution >= 4 is 21.9 Å². The Morgan fingerprint density at radius 2 is 2.46 bits per heavy atom. The zero-order valence-electron chi connectivity index (χ0n) is 7.09. The number of nitrogens with zero attached hydrogens (tertiary/aromatic N) is 1. The van der Waals surface area contributed by atoms with Crippen LogP contribution in [0.15, 0.2) is 4.47 Å². The topological polar surface area (TPSA) is 78.0 Å². The van der Waals surface area contributed by atoms with E-state index in [0.29, 0.717) is 4.47 Å². The minimum atomic E-state index is -1.03. The van der Waals surface area contributed by atoms with Crippen molar-refractivity contribution in [2.45, 2.75) is 6.42 Å². The summed E-state index contributed by atoms with van der Waals surface area (Å²) in [6.07, 6.45) is 0.720. The number of carboxylic acids is 1. The molecular formula is C7H10BrN3O2. The minimum absolute atomic E-state index is 0.0334. The lowest BCUT2D eigenvalue weighted by Gasteiger charge is -1.96. The molecule has 0 saturated carbocycles. The van der Waals surface area contributed by atoms with E-state index in [9.17, 15) is 4.79 Å². The monoisotopic (exact) mass is 247 g/mol. The normalized spacial score (nSPS) is 10.3. The Kier molecular flexibility index (Phi) is 3.44. The van der Waals surface area contributed by atoms with E-state index in [-0.39, 0.29) is 5.69 Å². The van der Waals surface area contributed by atoms with Crippen LogP contribution >= 0.6 is 15.9 Å². The van der Waals surface area contributed by atoms with E-state index in [1.54, 1.807) is 0 Å². The third-order valence-electron chi connectivity index (χ3n) is 1.60. The first kappa shape index (κ1) is 10.2. The number of likely N-dealkylation sites (N-methyl/N-ethyl adjacent to an activating group) is 1. The molecule has 1 heterocycles. The minimum Gasteiger partial charge on any atom is -0.476 e. The van der Waals surface area contributed by atoms with Crippen LogP contribution in [0, 0.1) is 0 Å². The van der Waals surface area contributed by atoms with Gasteiger partial charge in [0.2, 0.25) is 0 Å². The van der Waals surface area contributed by atoms with Gasteiger partial charge in [-0.25, -0.2) is 4.79 Å². The van der Waals surface area contributed by atoms with Gasteiger partial charge in [-0.3, -0.25) is 5.10 Å². The van der Waals surface area contributed by atoms with E-state index in [0.717, 1.165) is 18.7 Å². The third kappa shape index (κ3) is 2.28. The van der Waals surface area contributed by atoms with Crippen molar-refractivity contribution in [3.05, 3.63) is 15.9 Å². The summed E-state index contributed by atoms with van der Waals surface area (Å²) in [6, 6.07) is 0. The van der Waals surface area contributed by atoms with Crippen LogP contribution in [0.3, 0.4) is 0 Å². The van der Waals surface area contributed by atoms with Gasteiger partial charge in [0.1, 0.15) is 0 Å². The molecule has 0 aliphatic carbocycles. The van der Waals surface area contributed by atoms with Gasteiger partial charge in [0.15, 0.2) is 5.69 Å². The van der Waals surface area contributed by atoms with Gasteiger partial charge in [-0.1, -0.05) is 0 Å². The standard InChI is InChI=1S/C7H10BrN3O2/c1-9-3-2-4-5(8)6(7(12)13)11-10-4/h9H,2-3H2,1H3,(H,10,11)(H,12,13). The molecule has 0 saturated heterocycles. The highest BCUT2D eigenvalue weighted by molar-refractivity contribution is 9.10. The molecule has 0 atom stereocenters. The van der Waals surface area contributed by atoms with Crippen molar-refractivity contribution in [2.24, 2.45) is 0 Å². The number of aromatic nitrogens is 2. The number of rotatable bonds is 4. The maximum Gasteiger partial charge on any atom is 0.357 e. The van der Waals surface area contributed by atoms with Crippen LogP contribution in [0.4, 0.5) is 0 Å². The van der Waals surface area contributed by atoms with Crippen LogP contribution in [-0.4, -0.2) is 34.9 Å². The summed E-state index contributed by atoms with van der Waals surface area (Å²) < 4.78 is 0.537. The van der Waals surface area contributed by atoms with Gasteiger partial charge >= 0.3 is 5.97 Å². The Balaban J connectivity index is 2.80. The number of nitrogens with one attached hydrogen (secondary N) is 2. The second-order valence-corrected chi connectivity index (χ2v) is 3.32. The van der Waals surface area contributed by atoms with Crippen molar-refractivity contribution < 1.29 is 9.90 Å². The lowest BCUT2D eigenvalue weighted by atomic mass is 10.3. The molecule has 0 aromatic carbocycles. The molecule has 1 aromatic heterocycles. The van der Waals surface area contributed by atoms with E-state index < -0.39 is 5.97 Å². The van der Waals surface area contributed by atoms with Gasteiger partial charge in [-0.05, 0) is 23.0 Å². The van der Waals surface area contributed by atoms with Crippen LogP contribution in [0.2, 0.25) is 0 Å². The van der Waals surface area contributed by atoms with Crippen molar-refractivity contribution in [1.29, 1.82) is 0 Å². The number of carbonyl (C=O) groups is 1. The molecule has 0 aliphatic rings. The average Bonchev–Trinajstić information content (AvgIpc) is 2.43. The molecule has 0 spiro atoms. The molecular weight excluding hydrogens is 238 g/mol. The first-order chi connectivity index (χ1) is 6.16. The van der Waals surface area contributed by atoms with Gasteiger partial charge in [-0.15, -0.1) is 0 Å². The van der Waals surface area contributed by atoms with Gasteiger partial charge in [-0.2, -0.15) is 5.10 Å². The van der Waals surface area contributed by atoms with Crippen LogP contribution in [0.5, 0.6) is 0 Å². The van der Waals surface area contributed by atoms with Crippen molar-refractivity contribution in [1.82, 2.24) is 15.5 Å². The predicted molar refractivity (Wildman–Crippen MR) is 50.9 cm³/mol. The SMILES string of the molecule is CNCCc1[nH]nc(C(=O)O)c1Br. The van der Waals surface area contributed by atoms with Gasteiger partial charge in [0.05, 0.1) is 10.2 Å². The van der Waals surface area contributed by atoms with E-state index in [1.165, 1.54) is 0 Å². The Morgan fingerprint density at radius 1 is 1.77 bits per heavy atom. The van der Waals surface area contributed by atoms with Crippen LogP contribution in [0.1, 0.15) is 16.2 Å². The maximum absolute atomic E-state index is 10.6. The fourth-order valence-electron chi connectivity index (χ4n) is 0.922. The molecule has 6 heteroatoms. The number of aromatic carboxylic acids is 1. The highest BCUT2D eigenvalue weighted by Gasteiger charge is 2.15. The van der Waals surface area contributed by atoms with Crippen LogP contribution in [-0.2, 0) is 6.42 Å². The molecule has 1 rings (SSSR count). The molecule has 0 unspecified atom stereocenters. The number of halogens is 1. The largest absolute Gasteiger partial charge is 0.476 e. The number of aromatic amines is 1.